The van der Waals surface area contributed by atoms with Gasteiger partial charge in [0.05, 0.1) is 19.8 Å². The average molecular weight is 769 g/mol. The third-order valence-corrected chi connectivity index (χ3v) is 10.2. The molecule has 0 spiro atoms. The summed E-state index contributed by atoms with van der Waals surface area (Å²) in [6, 6.07) is 0. The lowest BCUT2D eigenvalue weighted by Crippen LogP contribution is -2.60. The third-order valence-electron chi connectivity index (χ3n) is 9.73. The molecular formula is C39H76O12S. The minimum Gasteiger partial charge on any atom is -0.457 e. The maximum atomic E-state index is 12.8. The minimum absolute atomic E-state index is 0.0435. The van der Waals surface area contributed by atoms with Crippen LogP contribution < -0.4 is 0 Å². The molecule has 1 fully saturated rings. The standard InChI is InChI=1S/C39H76O12S/c1-3-5-7-9-11-13-15-16-17-18-19-20-22-24-26-28-35(41)49-33(31-47-29-27-25-23-21-14-12-10-8-6-4-2)32-48-39-37(43)38(51-52(44,45)46)36(42)34(30-40)50-39/h33-34,36-40,42-43H,3-32H2,1-2H3,(H,44,45,46). The molecule has 0 amide bonds. The summed E-state index contributed by atoms with van der Waals surface area (Å²) < 4.78 is 58.8. The molecule has 0 saturated carbocycles. The highest BCUT2D eigenvalue weighted by molar-refractivity contribution is 7.80. The van der Waals surface area contributed by atoms with Crippen molar-refractivity contribution in [2.75, 3.05) is 26.4 Å². The van der Waals surface area contributed by atoms with E-state index in [1.807, 2.05) is 0 Å². The SMILES string of the molecule is CCCCCCCCCCCCCCCCCC(=O)OC(COCCCCCCCCCCCC)COC1OC(CO)C(O)C(OS(=O)(=O)O)C1O. The molecule has 0 bridgehead atoms. The number of esters is 1. The van der Waals surface area contributed by atoms with Crippen LogP contribution in [0.3, 0.4) is 0 Å². The summed E-state index contributed by atoms with van der Waals surface area (Å²) in [5.74, 6) is -0.396. The van der Waals surface area contributed by atoms with Crippen molar-refractivity contribution in [2.45, 2.75) is 218 Å². The summed E-state index contributed by atoms with van der Waals surface area (Å²) in [7, 11) is -5.05. The normalized spacial score (nSPS) is 21.4. The van der Waals surface area contributed by atoms with Crippen molar-refractivity contribution in [2.24, 2.45) is 0 Å². The Morgan fingerprint density at radius 1 is 0.654 bits per heavy atom. The Morgan fingerprint density at radius 3 is 1.54 bits per heavy atom. The first-order valence-corrected chi connectivity index (χ1v) is 22.2. The van der Waals surface area contributed by atoms with E-state index in [0.717, 1.165) is 38.5 Å². The highest BCUT2D eigenvalue weighted by Gasteiger charge is 2.48. The van der Waals surface area contributed by atoms with Gasteiger partial charge in [-0.1, -0.05) is 162 Å². The van der Waals surface area contributed by atoms with Crippen molar-refractivity contribution < 1.29 is 56.2 Å². The van der Waals surface area contributed by atoms with Crippen LogP contribution in [0.4, 0.5) is 0 Å². The van der Waals surface area contributed by atoms with Crippen molar-refractivity contribution in [1.82, 2.24) is 0 Å². The summed E-state index contributed by atoms with van der Waals surface area (Å²) in [6.07, 6.45) is 21.4. The van der Waals surface area contributed by atoms with Gasteiger partial charge < -0.3 is 34.3 Å². The quantitative estimate of drug-likeness (QED) is 0.0277. The van der Waals surface area contributed by atoms with Crippen molar-refractivity contribution >= 4 is 16.4 Å². The maximum absolute atomic E-state index is 12.8. The summed E-state index contributed by atoms with van der Waals surface area (Å²) >= 11 is 0. The molecule has 1 heterocycles. The Balaban J connectivity index is 2.45. The first-order valence-electron chi connectivity index (χ1n) is 20.8. The first kappa shape index (κ1) is 49.1. The largest absolute Gasteiger partial charge is 0.457 e. The second-order valence-corrected chi connectivity index (χ2v) is 15.6. The van der Waals surface area contributed by atoms with E-state index in [-0.39, 0.29) is 19.6 Å². The van der Waals surface area contributed by atoms with E-state index in [4.69, 9.17) is 23.5 Å². The Labute approximate surface area is 316 Å². The number of aliphatic hydroxyl groups excluding tert-OH is 3. The van der Waals surface area contributed by atoms with Crippen LogP contribution in [-0.4, -0.2) is 97.5 Å². The van der Waals surface area contributed by atoms with Gasteiger partial charge in [0.1, 0.15) is 30.5 Å². The van der Waals surface area contributed by atoms with E-state index in [9.17, 15) is 28.5 Å². The molecule has 1 rings (SSSR count). The highest BCUT2D eigenvalue weighted by atomic mass is 32.3. The van der Waals surface area contributed by atoms with Crippen LogP contribution in [0.5, 0.6) is 0 Å². The molecule has 0 aromatic rings. The van der Waals surface area contributed by atoms with Gasteiger partial charge in [-0.3, -0.25) is 9.35 Å². The molecule has 310 valence electrons. The van der Waals surface area contributed by atoms with Crippen molar-refractivity contribution in [3.8, 4) is 0 Å². The minimum atomic E-state index is -5.05. The van der Waals surface area contributed by atoms with Gasteiger partial charge in [-0.15, -0.1) is 0 Å². The number of aliphatic hydroxyl groups is 3. The van der Waals surface area contributed by atoms with Gasteiger partial charge in [0.25, 0.3) is 0 Å². The van der Waals surface area contributed by atoms with Crippen LogP contribution in [0.25, 0.3) is 0 Å². The molecule has 0 aromatic carbocycles. The highest BCUT2D eigenvalue weighted by Crippen LogP contribution is 2.26. The van der Waals surface area contributed by atoms with Crippen LogP contribution in [0.15, 0.2) is 0 Å². The van der Waals surface area contributed by atoms with Crippen LogP contribution in [0, 0.1) is 0 Å². The zero-order chi connectivity index (χ0) is 38.3. The van der Waals surface area contributed by atoms with Gasteiger partial charge in [0.2, 0.25) is 0 Å². The second kappa shape index (κ2) is 32.4. The van der Waals surface area contributed by atoms with Crippen LogP contribution in [0.2, 0.25) is 0 Å². The van der Waals surface area contributed by atoms with E-state index >= 15 is 0 Å². The summed E-state index contributed by atoms with van der Waals surface area (Å²) in [5.41, 5.74) is 0. The second-order valence-electron chi connectivity index (χ2n) is 14.6. The fourth-order valence-electron chi connectivity index (χ4n) is 6.56. The molecule has 52 heavy (non-hydrogen) atoms. The lowest BCUT2D eigenvalue weighted by Gasteiger charge is -2.41. The van der Waals surface area contributed by atoms with Gasteiger partial charge in [-0.25, -0.2) is 4.18 Å². The fourth-order valence-corrected chi connectivity index (χ4v) is 7.06. The number of carbonyl (C=O) groups is 1. The number of ether oxygens (including phenoxy) is 4. The molecular weight excluding hydrogens is 692 g/mol. The monoisotopic (exact) mass is 769 g/mol. The van der Waals surface area contributed by atoms with Gasteiger partial charge in [-0.05, 0) is 12.8 Å². The van der Waals surface area contributed by atoms with Gasteiger partial charge in [0, 0.05) is 13.0 Å². The molecule has 0 radical (unpaired) electrons. The fraction of sp³-hybridized carbons (Fsp3) is 0.974. The molecule has 0 aromatic heterocycles. The molecule has 6 unspecified atom stereocenters. The van der Waals surface area contributed by atoms with E-state index in [1.54, 1.807) is 0 Å². The summed E-state index contributed by atoms with van der Waals surface area (Å²) in [4.78, 5) is 12.8. The van der Waals surface area contributed by atoms with Crippen LogP contribution >= 0.6 is 0 Å². The first-order chi connectivity index (χ1) is 25.1. The Morgan fingerprint density at radius 2 is 1.10 bits per heavy atom. The third kappa shape index (κ3) is 26.0. The van der Waals surface area contributed by atoms with Gasteiger partial charge in [-0.2, -0.15) is 8.42 Å². The smallest absolute Gasteiger partial charge is 0.397 e. The molecule has 0 aliphatic carbocycles. The lowest BCUT2D eigenvalue weighted by atomic mass is 9.99. The Hall–Kier alpha value is -0.900. The van der Waals surface area contributed by atoms with Crippen LogP contribution in [0.1, 0.15) is 181 Å². The van der Waals surface area contributed by atoms with Gasteiger partial charge >= 0.3 is 16.4 Å². The predicted octanol–water partition coefficient (Wildman–Crippen LogP) is 7.74. The zero-order valence-electron chi connectivity index (χ0n) is 32.6. The van der Waals surface area contributed by atoms with Crippen molar-refractivity contribution in [1.29, 1.82) is 0 Å². The number of hydrogen-bond donors (Lipinski definition) is 4. The van der Waals surface area contributed by atoms with E-state index in [1.165, 1.54) is 116 Å². The van der Waals surface area contributed by atoms with E-state index in [0.29, 0.717) is 13.0 Å². The van der Waals surface area contributed by atoms with Crippen molar-refractivity contribution in [3.05, 3.63) is 0 Å². The lowest BCUT2D eigenvalue weighted by molar-refractivity contribution is -0.301. The molecule has 12 nitrogen and oxygen atoms in total. The van der Waals surface area contributed by atoms with E-state index < -0.39 is 59.8 Å². The molecule has 6 atom stereocenters. The Kier molecular flexibility index (Phi) is 30.6. The Bertz CT molecular complexity index is 936. The number of hydrogen-bond acceptors (Lipinski definition) is 11. The molecule has 4 N–H and O–H groups in total. The molecule has 1 aliphatic heterocycles. The van der Waals surface area contributed by atoms with Crippen molar-refractivity contribution in [3.63, 3.8) is 0 Å². The molecule has 1 saturated heterocycles. The van der Waals surface area contributed by atoms with Crippen LogP contribution in [-0.2, 0) is 38.3 Å². The molecule has 13 heteroatoms. The topological polar surface area (TPSA) is 178 Å². The molecule has 1 aliphatic rings. The number of carbonyl (C=O) groups excluding carboxylic acids is 1. The number of rotatable bonds is 36. The zero-order valence-corrected chi connectivity index (χ0v) is 33.5. The van der Waals surface area contributed by atoms with E-state index in [2.05, 4.69) is 18.0 Å². The summed E-state index contributed by atoms with van der Waals surface area (Å²) in [5, 5.41) is 30.5. The van der Waals surface area contributed by atoms with Gasteiger partial charge in [0.15, 0.2) is 6.29 Å². The predicted molar refractivity (Wildman–Crippen MR) is 202 cm³/mol. The maximum Gasteiger partial charge on any atom is 0.397 e. The number of unbranched alkanes of at least 4 members (excludes halogenated alkanes) is 23. The average Bonchev–Trinajstić information content (AvgIpc) is 3.11. The summed E-state index contributed by atoms with van der Waals surface area (Å²) in [6.45, 7) is 3.99.